The zero-order chi connectivity index (χ0) is 10.8. The van der Waals surface area contributed by atoms with Crippen LogP contribution in [0.15, 0.2) is 35.3 Å². The number of rotatable bonds is 2. The lowest BCUT2D eigenvalue weighted by atomic mass is 9.89. The van der Waals surface area contributed by atoms with Crippen LogP contribution in [0, 0.1) is 0 Å². The van der Waals surface area contributed by atoms with Crippen LogP contribution in [-0.4, -0.2) is 20.9 Å². The first kappa shape index (κ1) is 10.9. The van der Waals surface area contributed by atoms with E-state index in [1.165, 1.54) is 12.2 Å². The van der Waals surface area contributed by atoms with Gasteiger partial charge in [0, 0.05) is 12.5 Å². The first-order valence-electron chi connectivity index (χ1n) is 4.58. The minimum atomic E-state index is -1.15. The van der Waals surface area contributed by atoms with Crippen molar-refractivity contribution in [2.24, 2.45) is 0 Å². The molecule has 1 aliphatic carbocycles. The summed E-state index contributed by atoms with van der Waals surface area (Å²) in [6.45, 7) is 3.87. The van der Waals surface area contributed by atoms with Gasteiger partial charge in [0.2, 0.25) is 0 Å². The molecule has 3 heteroatoms. The molecule has 78 valence electrons. The molecule has 0 saturated heterocycles. The van der Waals surface area contributed by atoms with Crippen molar-refractivity contribution in [3.8, 4) is 0 Å². The summed E-state index contributed by atoms with van der Waals surface area (Å²) in [4.78, 5) is 0. The first-order valence-corrected chi connectivity index (χ1v) is 4.58. The van der Waals surface area contributed by atoms with Crippen molar-refractivity contribution in [3.05, 3.63) is 35.3 Å². The summed E-state index contributed by atoms with van der Waals surface area (Å²) < 4.78 is 0. The zero-order valence-corrected chi connectivity index (χ0v) is 8.49. The van der Waals surface area contributed by atoms with E-state index in [0.29, 0.717) is 6.42 Å². The molecule has 3 nitrogen and oxygen atoms in total. The van der Waals surface area contributed by atoms with Gasteiger partial charge in [-0.15, -0.1) is 0 Å². The topological polar surface area (TPSA) is 60.7 Å². The third-order valence-electron chi connectivity index (χ3n) is 2.08. The van der Waals surface area contributed by atoms with Gasteiger partial charge in [0.15, 0.2) is 0 Å². The van der Waals surface area contributed by atoms with Crippen LogP contribution in [0.5, 0.6) is 0 Å². The minimum absolute atomic E-state index is 0.00894. The second-order valence-electron chi connectivity index (χ2n) is 3.97. The van der Waals surface area contributed by atoms with Crippen molar-refractivity contribution >= 4 is 0 Å². The molecule has 0 amide bonds. The van der Waals surface area contributed by atoms with Crippen molar-refractivity contribution in [2.75, 3.05) is 0 Å². The van der Waals surface area contributed by atoms with Crippen LogP contribution >= 0.6 is 0 Å². The molecule has 14 heavy (non-hydrogen) atoms. The van der Waals surface area contributed by atoms with Crippen LogP contribution in [0.2, 0.25) is 0 Å². The lowest BCUT2D eigenvalue weighted by Crippen LogP contribution is -2.28. The maximum absolute atomic E-state index is 9.98. The van der Waals surface area contributed by atoms with Crippen molar-refractivity contribution in [2.45, 2.75) is 32.3 Å². The van der Waals surface area contributed by atoms with Crippen LogP contribution in [0.4, 0.5) is 0 Å². The van der Waals surface area contributed by atoms with Gasteiger partial charge in [0.1, 0.15) is 5.76 Å². The van der Waals surface area contributed by atoms with Gasteiger partial charge < -0.3 is 15.3 Å². The lowest BCUT2D eigenvalue weighted by molar-refractivity contribution is 0.0752. The molecule has 0 aromatic heterocycles. The van der Waals surface area contributed by atoms with Crippen molar-refractivity contribution in [3.63, 3.8) is 0 Å². The molecule has 1 atom stereocenters. The monoisotopic (exact) mass is 196 g/mol. The molecule has 1 unspecified atom stereocenters. The SMILES string of the molecule is CC(C)=CCC1(O)C=C(O)C=C(O)C1. The summed E-state index contributed by atoms with van der Waals surface area (Å²) in [5.41, 5.74) is -0.0550. The van der Waals surface area contributed by atoms with Gasteiger partial charge in [0.05, 0.1) is 11.4 Å². The largest absolute Gasteiger partial charge is 0.512 e. The van der Waals surface area contributed by atoms with Crippen LogP contribution in [0.25, 0.3) is 0 Å². The van der Waals surface area contributed by atoms with E-state index in [2.05, 4.69) is 0 Å². The summed E-state index contributed by atoms with van der Waals surface area (Å²) in [6.07, 6.45) is 5.05. The molecule has 0 aliphatic heterocycles. The lowest BCUT2D eigenvalue weighted by Gasteiger charge is -2.26. The number of allylic oxidation sites excluding steroid dienone is 2. The second-order valence-corrected chi connectivity index (χ2v) is 3.97. The van der Waals surface area contributed by atoms with E-state index in [1.54, 1.807) is 0 Å². The van der Waals surface area contributed by atoms with Gasteiger partial charge in [-0.3, -0.25) is 0 Å². The Bertz CT molecular complexity index is 308. The predicted octanol–water partition coefficient (Wildman–Crippen LogP) is 2.36. The summed E-state index contributed by atoms with van der Waals surface area (Å²) in [5, 5.41) is 28.5. The maximum atomic E-state index is 9.98. The standard InChI is InChI=1S/C11H16O3/c1-8(2)3-4-11(14)6-9(12)5-10(13)7-11/h3,5-6,12-14H,4,7H2,1-2H3. The average molecular weight is 196 g/mol. The van der Waals surface area contributed by atoms with Gasteiger partial charge in [0.25, 0.3) is 0 Å². The Hall–Kier alpha value is -1.22. The maximum Gasteiger partial charge on any atom is 0.117 e. The average Bonchev–Trinajstić information content (AvgIpc) is 1.98. The summed E-state index contributed by atoms with van der Waals surface area (Å²) >= 11 is 0. The van der Waals surface area contributed by atoms with E-state index in [0.717, 1.165) is 5.57 Å². The summed E-state index contributed by atoms with van der Waals surface area (Å²) in [7, 11) is 0. The third-order valence-corrected chi connectivity index (χ3v) is 2.08. The summed E-state index contributed by atoms with van der Waals surface area (Å²) in [6, 6.07) is 0. The van der Waals surface area contributed by atoms with Gasteiger partial charge in [-0.1, -0.05) is 11.6 Å². The number of hydrogen-bond acceptors (Lipinski definition) is 3. The molecule has 0 bridgehead atoms. The normalized spacial score (nSPS) is 26.5. The highest BCUT2D eigenvalue weighted by Crippen LogP contribution is 2.28. The Morgan fingerprint density at radius 2 is 2.14 bits per heavy atom. The van der Waals surface area contributed by atoms with Gasteiger partial charge in [-0.25, -0.2) is 0 Å². The highest BCUT2D eigenvalue weighted by atomic mass is 16.3. The van der Waals surface area contributed by atoms with Crippen LogP contribution < -0.4 is 0 Å². The zero-order valence-electron chi connectivity index (χ0n) is 8.49. The molecular weight excluding hydrogens is 180 g/mol. The Labute approximate surface area is 83.7 Å². The minimum Gasteiger partial charge on any atom is -0.512 e. The molecule has 1 aliphatic rings. The third kappa shape index (κ3) is 2.92. The number of hydrogen-bond donors (Lipinski definition) is 3. The summed E-state index contributed by atoms with van der Waals surface area (Å²) in [5.74, 6) is -0.0759. The molecule has 0 radical (unpaired) electrons. The molecule has 1 rings (SSSR count). The van der Waals surface area contributed by atoms with E-state index < -0.39 is 5.60 Å². The second kappa shape index (κ2) is 3.88. The molecule has 0 saturated carbocycles. The van der Waals surface area contributed by atoms with E-state index in [-0.39, 0.29) is 17.9 Å². The van der Waals surface area contributed by atoms with Crippen LogP contribution in [-0.2, 0) is 0 Å². The fourth-order valence-electron chi connectivity index (χ4n) is 1.42. The van der Waals surface area contributed by atoms with E-state index in [9.17, 15) is 15.3 Å². The van der Waals surface area contributed by atoms with E-state index in [1.807, 2.05) is 19.9 Å². The first-order chi connectivity index (χ1) is 6.41. The Balaban J connectivity index is 2.77. The van der Waals surface area contributed by atoms with Gasteiger partial charge in [-0.2, -0.15) is 0 Å². The fraction of sp³-hybridized carbons (Fsp3) is 0.455. The Morgan fingerprint density at radius 3 is 2.64 bits per heavy atom. The molecule has 3 N–H and O–H groups in total. The molecular formula is C11H16O3. The van der Waals surface area contributed by atoms with Crippen molar-refractivity contribution in [1.82, 2.24) is 0 Å². The van der Waals surface area contributed by atoms with E-state index >= 15 is 0 Å². The fourth-order valence-corrected chi connectivity index (χ4v) is 1.42. The predicted molar refractivity (Wildman–Crippen MR) is 55.0 cm³/mol. The van der Waals surface area contributed by atoms with E-state index in [4.69, 9.17) is 0 Å². The Morgan fingerprint density at radius 1 is 1.50 bits per heavy atom. The van der Waals surface area contributed by atoms with Crippen LogP contribution in [0.1, 0.15) is 26.7 Å². The molecule has 0 spiro atoms. The van der Waals surface area contributed by atoms with Crippen molar-refractivity contribution < 1.29 is 15.3 Å². The highest BCUT2D eigenvalue weighted by molar-refractivity contribution is 5.26. The van der Waals surface area contributed by atoms with Gasteiger partial charge >= 0.3 is 0 Å². The molecule has 0 aromatic carbocycles. The van der Waals surface area contributed by atoms with Gasteiger partial charge in [-0.05, 0) is 26.3 Å². The molecule has 0 aromatic rings. The number of aliphatic hydroxyl groups is 3. The Kier molecular flexibility index (Phi) is 3.01. The molecule has 0 heterocycles. The van der Waals surface area contributed by atoms with Crippen LogP contribution in [0.3, 0.4) is 0 Å². The highest BCUT2D eigenvalue weighted by Gasteiger charge is 2.28. The number of aliphatic hydroxyl groups excluding tert-OH is 2. The molecule has 0 fully saturated rings. The van der Waals surface area contributed by atoms with Crippen molar-refractivity contribution in [1.29, 1.82) is 0 Å². The quantitative estimate of drug-likeness (QED) is 0.594. The smallest absolute Gasteiger partial charge is 0.117 e.